The Hall–Kier alpha value is -3.57. The van der Waals surface area contributed by atoms with Crippen molar-refractivity contribution in [1.82, 2.24) is 9.13 Å². The number of carboxylic acids is 1. The van der Waals surface area contributed by atoms with Gasteiger partial charge < -0.3 is 20.1 Å². The molecule has 1 heterocycles. The predicted octanol–water partition coefficient (Wildman–Crippen LogP) is 2.24. The van der Waals surface area contributed by atoms with E-state index in [4.69, 9.17) is 4.74 Å². The van der Waals surface area contributed by atoms with Crippen LogP contribution in [0.25, 0.3) is 0 Å². The summed E-state index contributed by atoms with van der Waals surface area (Å²) in [5, 5.41) is 30.4. The van der Waals surface area contributed by atoms with Crippen LogP contribution in [0.1, 0.15) is 19.8 Å². The van der Waals surface area contributed by atoms with E-state index >= 15 is 0 Å². The van der Waals surface area contributed by atoms with E-state index in [-0.39, 0.29) is 11.4 Å². The van der Waals surface area contributed by atoms with Gasteiger partial charge in [-0.2, -0.15) is 0 Å². The van der Waals surface area contributed by atoms with E-state index in [0.717, 1.165) is 12.6 Å². The van der Waals surface area contributed by atoms with Crippen LogP contribution in [-0.2, 0) is 27.7 Å². The number of imidazole rings is 1. The molecule has 2 aromatic carbocycles. The van der Waals surface area contributed by atoms with Gasteiger partial charge in [-0.1, -0.05) is 31.5 Å². The van der Waals surface area contributed by atoms with Gasteiger partial charge in [0.1, 0.15) is 11.5 Å². The number of aryl methyl sites for hydroxylation is 1. The number of aromatic hydroxyl groups is 1. The number of aliphatic hydroxyl groups is 1. The number of hydrogen-bond acceptors (Lipinski definition) is 7. The van der Waals surface area contributed by atoms with Gasteiger partial charge >= 0.3 is 11.7 Å². The van der Waals surface area contributed by atoms with E-state index in [1.807, 2.05) is 13.0 Å². The number of para-hydroxylation sites is 1. The summed E-state index contributed by atoms with van der Waals surface area (Å²) in [4.78, 5) is 24.1. The Labute approximate surface area is 196 Å². The van der Waals surface area contributed by atoms with Crippen molar-refractivity contribution in [2.75, 3.05) is 5.75 Å². The molecular weight excluding hydrogens is 464 g/mol. The first-order valence-corrected chi connectivity index (χ1v) is 12.2. The summed E-state index contributed by atoms with van der Waals surface area (Å²) in [5.74, 6) is -2.70. The van der Waals surface area contributed by atoms with Gasteiger partial charge in [0.05, 0.1) is 23.4 Å². The van der Waals surface area contributed by atoms with Gasteiger partial charge in [-0.3, -0.25) is 9.13 Å². The molecule has 0 aliphatic rings. The Morgan fingerprint density at radius 3 is 2.26 bits per heavy atom. The van der Waals surface area contributed by atoms with Crippen LogP contribution in [0.5, 0.6) is 17.4 Å². The quantitative estimate of drug-likeness (QED) is 0.371. The number of unbranched alkanes of at least 4 members (excludes halogenated alkanes) is 1. The monoisotopic (exact) mass is 490 g/mol. The molecule has 0 saturated carbocycles. The van der Waals surface area contributed by atoms with Crippen LogP contribution in [0.4, 0.5) is 0 Å². The first-order valence-electron chi connectivity index (χ1n) is 10.6. The van der Waals surface area contributed by atoms with Gasteiger partial charge in [-0.15, -0.1) is 0 Å². The first-order chi connectivity index (χ1) is 16.1. The molecule has 3 aromatic rings. The minimum absolute atomic E-state index is 0.232. The molecule has 3 N–H and O–H groups in total. The summed E-state index contributed by atoms with van der Waals surface area (Å²) in [6.45, 7) is 1.26. The lowest BCUT2D eigenvalue weighted by Gasteiger charge is -2.23. The van der Waals surface area contributed by atoms with Gasteiger partial charge in [-0.05, 0) is 42.8 Å². The van der Waals surface area contributed by atoms with Crippen molar-refractivity contribution >= 4 is 15.8 Å². The van der Waals surface area contributed by atoms with Crippen molar-refractivity contribution < 1.29 is 33.3 Å². The third kappa shape index (κ3) is 5.67. The molecule has 0 aliphatic carbocycles. The number of hydrogen-bond donors (Lipinski definition) is 3. The molecular formula is C23H26N2O8S. The van der Waals surface area contributed by atoms with Crippen molar-refractivity contribution in [2.24, 2.45) is 0 Å². The number of benzene rings is 2. The van der Waals surface area contributed by atoms with Crippen LogP contribution in [0.3, 0.4) is 0 Å². The average Bonchev–Trinajstić information content (AvgIpc) is 3.05. The maximum Gasteiger partial charge on any atom is 0.338 e. The number of carboxylic acid groups (broad SMARTS) is 1. The highest BCUT2D eigenvalue weighted by atomic mass is 32.2. The summed E-state index contributed by atoms with van der Waals surface area (Å²) < 4.78 is 33.3. The van der Waals surface area contributed by atoms with Crippen molar-refractivity contribution in [3.63, 3.8) is 0 Å². The molecule has 0 fully saturated rings. The van der Waals surface area contributed by atoms with Gasteiger partial charge in [0.15, 0.2) is 15.4 Å². The third-order valence-corrected chi connectivity index (χ3v) is 7.03. The Bertz CT molecular complexity index is 1300. The second kappa shape index (κ2) is 10.1. The van der Waals surface area contributed by atoms with Gasteiger partial charge in [0.25, 0.3) is 0 Å². The van der Waals surface area contributed by atoms with Crippen LogP contribution in [-0.4, -0.2) is 50.2 Å². The SMILES string of the molecule is CCCCn1cc(O)n(CC(O)(CS(=O)(=O)c2ccc(Oc3ccccc3)cc2)C(=O)O)c1=O. The fourth-order valence-electron chi connectivity index (χ4n) is 3.33. The third-order valence-electron chi connectivity index (χ3n) is 5.19. The molecule has 11 heteroatoms. The number of aliphatic carboxylic acids is 1. The van der Waals surface area contributed by atoms with Gasteiger partial charge in [0, 0.05) is 6.54 Å². The number of sulfone groups is 1. The van der Waals surface area contributed by atoms with Crippen molar-refractivity contribution in [3.05, 3.63) is 71.3 Å². The number of ether oxygens (including phenoxy) is 1. The van der Waals surface area contributed by atoms with E-state index in [0.29, 0.717) is 22.5 Å². The fraction of sp³-hybridized carbons (Fsp3) is 0.304. The molecule has 0 saturated heterocycles. The Kier molecular flexibility index (Phi) is 7.48. The molecule has 3 rings (SSSR count). The molecule has 1 aromatic heterocycles. The second-order valence-electron chi connectivity index (χ2n) is 7.89. The summed E-state index contributed by atoms with van der Waals surface area (Å²) in [6, 6.07) is 14.1. The maximum atomic E-state index is 12.9. The molecule has 0 aliphatic heterocycles. The van der Waals surface area contributed by atoms with Crippen LogP contribution < -0.4 is 10.4 Å². The van der Waals surface area contributed by atoms with Crippen LogP contribution in [0.2, 0.25) is 0 Å². The number of carbonyl (C=O) groups is 1. The Morgan fingerprint density at radius 2 is 1.68 bits per heavy atom. The van der Waals surface area contributed by atoms with Crippen molar-refractivity contribution in [2.45, 2.75) is 43.4 Å². The Morgan fingerprint density at radius 1 is 1.06 bits per heavy atom. The minimum Gasteiger partial charge on any atom is -0.493 e. The minimum atomic E-state index is -4.30. The number of aromatic nitrogens is 2. The molecule has 0 amide bonds. The van der Waals surface area contributed by atoms with E-state index < -0.39 is 45.3 Å². The molecule has 0 bridgehead atoms. The molecule has 34 heavy (non-hydrogen) atoms. The van der Waals surface area contributed by atoms with Gasteiger partial charge in [0.2, 0.25) is 5.88 Å². The number of nitrogens with zero attached hydrogens (tertiary/aromatic N) is 2. The zero-order chi connectivity index (χ0) is 24.9. The first kappa shape index (κ1) is 25.1. The molecule has 1 unspecified atom stereocenters. The van der Waals surface area contributed by atoms with Gasteiger partial charge in [-0.25, -0.2) is 18.0 Å². The van der Waals surface area contributed by atoms with Crippen molar-refractivity contribution in [3.8, 4) is 17.4 Å². The predicted molar refractivity (Wildman–Crippen MR) is 123 cm³/mol. The lowest BCUT2D eigenvalue weighted by atomic mass is 10.1. The largest absolute Gasteiger partial charge is 0.493 e. The Balaban J connectivity index is 1.82. The van der Waals surface area contributed by atoms with Crippen LogP contribution in [0.15, 0.2) is 70.5 Å². The summed E-state index contributed by atoms with van der Waals surface area (Å²) >= 11 is 0. The normalized spacial score (nSPS) is 13.4. The zero-order valence-electron chi connectivity index (χ0n) is 18.5. The summed E-state index contributed by atoms with van der Waals surface area (Å²) in [5.41, 5.74) is -3.61. The van der Waals surface area contributed by atoms with E-state index in [1.54, 1.807) is 24.3 Å². The smallest absolute Gasteiger partial charge is 0.338 e. The average molecular weight is 491 g/mol. The lowest BCUT2D eigenvalue weighted by Crippen LogP contribution is -2.50. The second-order valence-corrected chi connectivity index (χ2v) is 9.87. The molecule has 182 valence electrons. The molecule has 0 spiro atoms. The van der Waals surface area contributed by atoms with Crippen LogP contribution >= 0.6 is 0 Å². The van der Waals surface area contributed by atoms with E-state index in [1.165, 1.54) is 28.8 Å². The standard InChI is InChI=1S/C23H26N2O8S/c1-2-3-13-24-14-20(26)25(22(24)29)15-23(30,21(27)28)16-34(31,32)19-11-9-18(10-12-19)33-17-7-5-4-6-8-17/h4-12,14,26,30H,2-3,13,15-16H2,1H3,(H,27,28). The van der Waals surface area contributed by atoms with E-state index in [2.05, 4.69) is 0 Å². The fourth-order valence-corrected chi connectivity index (χ4v) is 4.89. The van der Waals surface area contributed by atoms with Crippen LogP contribution in [0, 0.1) is 0 Å². The highest BCUT2D eigenvalue weighted by Crippen LogP contribution is 2.25. The maximum absolute atomic E-state index is 12.9. The summed E-state index contributed by atoms with van der Waals surface area (Å²) in [7, 11) is -4.30. The van der Waals surface area contributed by atoms with Crippen molar-refractivity contribution in [1.29, 1.82) is 0 Å². The topological polar surface area (TPSA) is 148 Å². The zero-order valence-corrected chi connectivity index (χ0v) is 19.3. The molecule has 0 radical (unpaired) electrons. The lowest BCUT2D eigenvalue weighted by molar-refractivity contribution is -0.157. The highest BCUT2D eigenvalue weighted by Gasteiger charge is 2.43. The molecule has 1 atom stereocenters. The van der Waals surface area contributed by atoms with E-state index in [9.17, 15) is 33.3 Å². The number of rotatable bonds is 11. The molecule has 10 nitrogen and oxygen atoms in total. The summed E-state index contributed by atoms with van der Waals surface area (Å²) in [6.07, 6.45) is 2.55. The highest BCUT2D eigenvalue weighted by molar-refractivity contribution is 7.91.